The minimum absolute atomic E-state index is 0.268. The van der Waals surface area contributed by atoms with Crippen molar-refractivity contribution in [3.05, 3.63) is 55.7 Å². The van der Waals surface area contributed by atoms with Crippen LogP contribution in [0.15, 0.2) is 28.7 Å². The normalized spacial score (nSPS) is 12.7. The standard InChI is InChI=1S/C13H10BrClF2S/c1-7-5-9(14)13(18-7)10(15)6-8-3-2-4-11(16)12(8)17/h2-5,10H,6H2,1H3. The monoisotopic (exact) mass is 350 g/mol. The number of halogens is 4. The molecule has 5 heteroatoms. The highest BCUT2D eigenvalue weighted by Gasteiger charge is 2.18. The van der Waals surface area contributed by atoms with Crippen molar-refractivity contribution in [1.82, 2.24) is 0 Å². The number of thiophene rings is 1. The second kappa shape index (κ2) is 5.68. The largest absolute Gasteiger partial charge is 0.204 e. The summed E-state index contributed by atoms with van der Waals surface area (Å²) in [4.78, 5) is 2.07. The zero-order valence-electron chi connectivity index (χ0n) is 9.51. The summed E-state index contributed by atoms with van der Waals surface area (Å²) in [5.41, 5.74) is 0.299. The van der Waals surface area contributed by atoms with Gasteiger partial charge in [0, 0.05) is 14.2 Å². The lowest BCUT2D eigenvalue weighted by atomic mass is 10.1. The summed E-state index contributed by atoms with van der Waals surface area (Å²) in [5.74, 6) is -1.65. The van der Waals surface area contributed by atoms with Crippen LogP contribution >= 0.6 is 38.9 Å². The van der Waals surface area contributed by atoms with E-state index in [1.54, 1.807) is 17.4 Å². The van der Waals surface area contributed by atoms with Crippen LogP contribution in [0.3, 0.4) is 0 Å². The van der Waals surface area contributed by atoms with Crippen LogP contribution in [-0.4, -0.2) is 0 Å². The Bertz CT molecular complexity index is 568. The van der Waals surface area contributed by atoms with Gasteiger partial charge in [0.25, 0.3) is 0 Å². The molecule has 0 fully saturated rings. The van der Waals surface area contributed by atoms with Gasteiger partial charge < -0.3 is 0 Å². The summed E-state index contributed by atoms with van der Waals surface area (Å²) in [6.07, 6.45) is 0.268. The van der Waals surface area contributed by atoms with E-state index in [4.69, 9.17) is 11.6 Å². The Kier molecular flexibility index (Phi) is 4.41. The molecule has 0 spiro atoms. The predicted molar refractivity (Wildman–Crippen MR) is 75.4 cm³/mol. The molecule has 0 bridgehead atoms. The third-order valence-electron chi connectivity index (χ3n) is 2.55. The van der Waals surface area contributed by atoms with Gasteiger partial charge in [-0.1, -0.05) is 12.1 Å². The van der Waals surface area contributed by atoms with E-state index >= 15 is 0 Å². The maximum Gasteiger partial charge on any atom is 0.162 e. The SMILES string of the molecule is Cc1cc(Br)c(C(Cl)Cc2cccc(F)c2F)s1. The van der Waals surface area contributed by atoms with E-state index < -0.39 is 11.6 Å². The fourth-order valence-electron chi connectivity index (χ4n) is 1.71. The van der Waals surface area contributed by atoms with E-state index in [-0.39, 0.29) is 11.8 Å². The molecule has 0 amide bonds. The lowest BCUT2D eigenvalue weighted by molar-refractivity contribution is 0.498. The van der Waals surface area contributed by atoms with Crippen molar-refractivity contribution < 1.29 is 8.78 Å². The Morgan fingerprint density at radius 1 is 1.39 bits per heavy atom. The molecule has 1 aromatic heterocycles. The molecule has 18 heavy (non-hydrogen) atoms. The van der Waals surface area contributed by atoms with Crippen molar-refractivity contribution in [2.75, 3.05) is 0 Å². The van der Waals surface area contributed by atoms with E-state index in [1.165, 1.54) is 6.07 Å². The van der Waals surface area contributed by atoms with Crippen LogP contribution in [0.1, 0.15) is 20.7 Å². The molecule has 2 aromatic rings. The van der Waals surface area contributed by atoms with Gasteiger partial charge in [-0.15, -0.1) is 22.9 Å². The Morgan fingerprint density at radius 2 is 2.11 bits per heavy atom. The van der Waals surface area contributed by atoms with Crippen molar-refractivity contribution in [3.63, 3.8) is 0 Å². The van der Waals surface area contributed by atoms with E-state index in [0.717, 1.165) is 20.3 Å². The average Bonchev–Trinajstić information content (AvgIpc) is 2.64. The van der Waals surface area contributed by atoms with Gasteiger partial charge in [-0.3, -0.25) is 0 Å². The third kappa shape index (κ3) is 2.92. The van der Waals surface area contributed by atoms with Gasteiger partial charge >= 0.3 is 0 Å². The molecule has 1 heterocycles. The molecular weight excluding hydrogens is 342 g/mol. The number of hydrogen-bond donors (Lipinski definition) is 0. The first kappa shape index (κ1) is 14.0. The van der Waals surface area contributed by atoms with Gasteiger partial charge in [-0.2, -0.15) is 0 Å². The first-order valence-electron chi connectivity index (χ1n) is 5.32. The van der Waals surface area contributed by atoms with Crippen molar-refractivity contribution in [3.8, 4) is 0 Å². The highest BCUT2D eigenvalue weighted by molar-refractivity contribution is 9.10. The van der Waals surface area contributed by atoms with E-state index in [9.17, 15) is 8.78 Å². The van der Waals surface area contributed by atoms with Gasteiger partial charge in [0.2, 0.25) is 0 Å². The van der Waals surface area contributed by atoms with Crippen molar-refractivity contribution in [1.29, 1.82) is 0 Å². The van der Waals surface area contributed by atoms with Gasteiger partial charge in [-0.25, -0.2) is 8.78 Å². The molecule has 1 aromatic carbocycles. The van der Waals surface area contributed by atoms with Gasteiger partial charge in [0.1, 0.15) is 0 Å². The Balaban J connectivity index is 2.24. The maximum absolute atomic E-state index is 13.5. The first-order chi connectivity index (χ1) is 8.49. The Morgan fingerprint density at radius 3 is 2.72 bits per heavy atom. The number of hydrogen-bond acceptors (Lipinski definition) is 1. The highest BCUT2D eigenvalue weighted by Crippen LogP contribution is 2.37. The summed E-state index contributed by atoms with van der Waals surface area (Å²) < 4.78 is 27.6. The minimum atomic E-state index is -0.835. The molecule has 0 aliphatic carbocycles. The molecule has 0 nitrogen and oxygen atoms in total. The second-order valence-corrected chi connectivity index (χ2v) is 6.62. The summed E-state index contributed by atoms with van der Waals surface area (Å²) >= 11 is 11.3. The number of aryl methyl sites for hydroxylation is 1. The molecule has 0 aliphatic rings. The second-order valence-electron chi connectivity index (χ2n) is 3.95. The van der Waals surface area contributed by atoms with Crippen molar-refractivity contribution in [2.24, 2.45) is 0 Å². The van der Waals surface area contributed by atoms with Crippen LogP contribution in [0, 0.1) is 18.6 Å². The van der Waals surface area contributed by atoms with Gasteiger partial charge in [-0.05, 0) is 47.0 Å². The zero-order valence-corrected chi connectivity index (χ0v) is 12.7. The minimum Gasteiger partial charge on any atom is -0.204 e. The predicted octanol–water partition coefficient (Wildman–Crippen LogP) is 5.62. The molecule has 96 valence electrons. The molecule has 0 saturated carbocycles. The molecule has 0 N–H and O–H groups in total. The molecule has 0 aliphatic heterocycles. The number of rotatable bonds is 3. The highest BCUT2D eigenvalue weighted by atomic mass is 79.9. The van der Waals surface area contributed by atoms with Crippen molar-refractivity contribution in [2.45, 2.75) is 18.7 Å². The van der Waals surface area contributed by atoms with Gasteiger partial charge in [0.05, 0.1) is 5.38 Å². The van der Waals surface area contributed by atoms with Crippen LogP contribution in [0.25, 0.3) is 0 Å². The first-order valence-corrected chi connectivity index (χ1v) is 7.36. The molecule has 1 unspecified atom stereocenters. The molecule has 2 rings (SSSR count). The third-order valence-corrected chi connectivity index (χ3v) is 5.14. The summed E-state index contributed by atoms with van der Waals surface area (Å²) in [5, 5.41) is -0.366. The fraction of sp³-hybridized carbons (Fsp3) is 0.231. The average molecular weight is 352 g/mol. The number of benzene rings is 1. The molecule has 0 radical (unpaired) electrons. The molecular formula is C13H10BrClF2S. The van der Waals surface area contributed by atoms with E-state index in [1.807, 2.05) is 13.0 Å². The summed E-state index contributed by atoms with van der Waals surface area (Å²) in [6, 6.07) is 6.12. The van der Waals surface area contributed by atoms with Crippen LogP contribution in [0.5, 0.6) is 0 Å². The zero-order chi connectivity index (χ0) is 13.3. The Hall–Kier alpha value is -0.450. The Labute approximate surface area is 122 Å². The summed E-state index contributed by atoms with van der Waals surface area (Å²) in [6.45, 7) is 1.98. The smallest absolute Gasteiger partial charge is 0.162 e. The lowest BCUT2D eigenvalue weighted by Crippen LogP contribution is -1.99. The van der Waals surface area contributed by atoms with Gasteiger partial charge in [0.15, 0.2) is 11.6 Å². The van der Waals surface area contributed by atoms with Crippen molar-refractivity contribution >= 4 is 38.9 Å². The van der Waals surface area contributed by atoms with Crippen LogP contribution in [0.2, 0.25) is 0 Å². The summed E-state index contributed by atoms with van der Waals surface area (Å²) in [7, 11) is 0. The topological polar surface area (TPSA) is 0 Å². The van der Waals surface area contributed by atoms with Crippen LogP contribution in [-0.2, 0) is 6.42 Å². The fourth-order valence-corrected chi connectivity index (χ4v) is 4.16. The quantitative estimate of drug-likeness (QED) is 0.630. The molecule has 1 atom stereocenters. The maximum atomic E-state index is 13.5. The van der Waals surface area contributed by atoms with E-state index in [2.05, 4.69) is 15.9 Å². The lowest BCUT2D eigenvalue weighted by Gasteiger charge is -2.09. The van der Waals surface area contributed by atoms with Crippen LogP contribution < -0.4 is 0 Å². The van der Waals surface area contributed by atoms with E-state index in [0.29, 0.717) is 5.56 Å². The number of alkyl halides is 1. The molecule has 0 saturated heterocycles. The van der Waals surface area contributed by atoms with Crippen LogP contribution in [0.4, 0.5) is 8.78 Å².